The van der Waals surface area contributed by atoms with E-state index in [4.69, 9.17) is 4.74 Å². The number of nitrogens with one attached hydrogen (secondary N) is 1. The second kappa shape index (κ2) is 6.47. The molecule has 3 aliphatic heterocycles. The number of aromatic nitrogens is 3. The lowest BCUT2D eigenvalue weighted by Gasteiger charge is -2.44. The van der Waals surface area contributed by atoms with Gasteiger partial charge in [0.15, 0.2) is 0 Å². The van der Waals surface area contributed by atoms with Crippen LogP contribution in [0.1, 0.15) is 24.1 Å². The quantitative estimate of drug-likeness (QED) is 0.727. The smallest absolute Gasteiger partial charge is 0.233 e. The first kappa shape index (κ1) is 15.4. The van der Waals surface area contributed by atoms with Crippen molar-refractivity contribution in [3.8, 4) is 17.7 Å². The number of aromatic amines is 1. The molecule has 0 aliphatic carbocycles. The van der Waals surface area contributed by atoms with Gasteiger partial charge in [0, 0.05) is 35.3 Å². The summed E-state index contributed by atoms with van der Waals surface area (Å²) in [5.74, 6) is 7.49. The van der Waals surface area contributed by atoms with Gasteiger partial charge in [-0.25, -0.2) is 0 Å². The number of hydrogen-bond acceptors (Lipinski definition) is 4. The van der Waals surface area contributed by atoms with Gasteiger partial charge in [-0.1, -0.05) is 5.92 Å². The minimum Gasteiger partial charge on any atom is -0.472 e. The second-order valence-corrected chi connectivity index (χ2v) is 7.08. The zero-order valence-electron chi connectivity index (χ0n) is 14.5. The fraction of sp³-hybridized carbons (Fsp3) is 0.333. The van der Waals surface area contributed by atoms with Crippen molar-refractivity contribution in [2.45, 2.75) is 18.9 Å². The van der Waals surface area contributed by atoms with Crippen molar-refractivity contribution < 1.29 is 4.74 Å². The third-order valence-electron chi connectivity index (χ3n) is 5.40. The van der Waals surface area contributed by atoms with E-state index in [1.54, 1.807) is 0 Å². The summed E-state index contributed by atoms with van der Waals surface area (Å²) in [6.45, 7) is 3.42. The Morgan fingerprint density at radius 1 is 1.04 bits per heavy atom. The molecule has 3 fully saturated rings. The highest BCUT2D eigenvalue weighted by molar-refractivity contribution is 5.80. The Balaban J connectivity index is 1.28. The van der Waals surface area contributed by atoms with Crippen molar-refractivity contribution in [2.75, 3.05) is 19.6 Å². The van der Waals surface area contributed by atoms with Crippen LogP contribution in [0.25, 0.3) is 10.9 Å². The first-order chi connectivity index (χ1) is 12.8. The molecule has 1 unspecified atom stereocenters. The third-order valence-corrected chi connectivity index (χ3v) is 5.40. The first-order valence-corrected chi connectivity index (χ1v) is 9.15. The van der Waals surface area contributed by atoms with Gasteiger partial charge in [0.1, 0.15) is 11.8 Å². The Morgan fingerprint density at radius 3 is 2.73 bits per heavy atom. The summed E-state index contributed by atoms with van der Waals surface area (Å²) < 4.78 is 6.08. The van der Waals surface area contributed by atoms with Crippen LogP contribution in [0.15, 0.2) is 42.6 Å². The van der Waals surface area contributed by atoms with Crippen molar-refractivity contribution in [1.29, 1.82) is 0 Å². The van der Waals surface area contributed by atoms with Gasteiger partial charge >= 0.3 is 0 Å². The van der Waals surface area contributed by atoms with Crippen LogP contribution in [0.5, 0.6) is 5.88 Å². The molecule has 3 aromatic rings. The minimum absolute atomic E-state index is 0.247. The van der Waals surface area contributed by atoms with Crippen LogP contribution < -0.4 is 4.74 Å². The molecule has 0 spiro atoms. The monoisotopic (exact) mass is 344 g/mol. The van der Waals surface area contributed by atoms with Gasteiger partial charge in [0.2, 0.25) is 5.88 Å². The average Bonchev–Trinajstić information content (AvgIpc) is 3.16. The fourth-order valence-corrected chi connectivity index (χ4v) is 3.92. The standard InChI is InChI=1S/C21H20N4O/c1(15-2-5-19-17(13-15)7-10-22-19)3-18-4-6-21(24-23-18)26-20-14-25-11-8-16(20)9-12-25/h2,4-7,10,13,16,20,22H,8-9,11-12,14H2. The summed E-state index contributed by atoms with van der Waals surface area (Å²) in [5.41, 5.74) is 2.73. The zero-order chi connectivity index (χ0) is 17.3. The van der Waals surface area contributed by atoms with Gasteiger partial charge in [0.05, 0.1) is 0 Å². The van der Waals surface area contributed by atoms with Crippen molar-refractivity contribution in [3.63, 3.8) is 0 Å². The van der Waals surface area contributed by atoms with E-state index >= 15 is 0 Å². The Labute approximate surface area is 152 Å². The van der Waals surface area contributed by atoms with Crippen LogP contribution in [-0.2, 0) is 0 Å². The lowest BCUT2D eigenvalue weighted by atomic mass is 9.86. The van der Waals surface area contributed by atoms with E-state index < -0.39 is 0 Å². The number of hydrogen-bond donors (Lipinski definition) is 1. The maximum absolute atomic E-state index is 6.08. The molecule has 5 heteroatoms. The van der Waals surface area contributed by atoms with Crippen molar-refractivity contribution in [2.24, 2.45) is 5.92 Å². The average molecular weight is 344 g/mol. The Kier molecular flexibility index (Phi) is 3.84. The molecule has 26 heavy (non-hydrogen) atoms. The molecular weight excluding hydrogens is 324 g/mol. The lowest BCUT2D eigenvalue weighted by molar-refractivity contribution is -0.0104. The molecule has 3 saturated heterocycles. The summed E-state index contributed by atoms with van der Waals surface area (Å²) in [6, 6.07) is 11.9. The van der Waals surface area contributed by atoms with Crippen LogP contribution >= 0.6 is 0 Å². The van der Waals surface area contributed by atoms with Gasteiger partial charge in [0.25, 0.3) is 0 Å². The van der Waals surface area contributed by atoms with Crippen molar-refractivity contribution in [3.05, 3.63) is 53.9 Å². The topological polar surface area (TPSA) is 54.0 Å². The SMILES string of the molecule is C(#Cc1ccc(OC2CN3CCC2CC3)nn1)c1ccc2[nH]ccc2c1. The van der Waals surface area contributed by atoms with Gasteiger partial charge in [-0.3, -0.25) is 4.90 Å². The number of rotatable bonds is 2. The molecule has 5 heterocycles. The summed E-state index contributed by atoms with van der Waals surface area (Å²) in [5, 5.41) is 9.57. The van der Waals surface area contributed by atoms with Crippen molar-refractivity contribution in [1.82, 2.24) is 20.1 Å². The van der Waals surface area contributed by atoms with Crippen molar-refractivity contribution >= 4 is 10.9 Å². The maximum atomic E-state index is 6.08. The molecule has 0 radical (unpaired) electrons. The third kappa shape index (κ3) is 3.04. The van der Waals surface area contributed by atoms with Crippen LogP contribution in [0.2, 0.25) is 0 Å². The van der Waals surface area contributed by atoms with Crippen LogP contribution in [0.3, 0.4) is 0 Å². The van der Waals surface area contributed by atoms with E-state index in [1.165, 1.54) is 25.9 Å². The predicted molar refractivity (Wildman–Crippen MR) is 99.9 cm³/mol. The normalized spacial score (nSPS) is 24.2. The van der Waals surface area contributed by atoms with Gasteiger partial charge in [-0.15, -0.1) is 10.2 Å². The van der Waals surface area contributed by atoms with E-state index in [-0.39, 0.29) is 6.10 Å². The number of ether oxygens (including phenoxy) is 1. The van der Waals surface area contributed by atoms with Gasteiger partial charge < -0.3 is 9.72 Å². The number of benzene rings is 1. The fourth-order valence-electron chi connectivity index (χ4n) is 3.92. The molecule has 5 nitrogen and oxygen atoms in total. The Bertz CT molecular complexity index is 974. The van der Waals surface area contributed by atoms with Crippen LogP contribution in [0, 0.1) is 17.8 Å². The minimum atomic E-state index is 0.247. The second-order valence-electron chi connectivity index (χ2n) is 7.08. The highest BCUT2D eigenvalue weighted by Crippen LogP contribution is 2.30. The molecule has 2 aromatic heterocycles. The summed E-state index contributed by atoms with van der Waals surface area (Å²) >= 11 is 0. The van der Waals surface area contributed by atoms with Gasteiger partial charge in [-0.2, -0.15) is 0 Å². The summed E-state index contributed by atoms with van der Waals surface area (Å²) in [7, 11) is 0. The molecule has 6 rings (SSSR count). The molecule has 0 saturated carbocycles. The molecule has 1 atom stereocenters. The van der Waals surface area contributed by atoms with E-state index in [9.17, 15) is 0 Å². The summed E-state index contributed by atoms with van der Waals surface area (Å²) in [6.07, 6.45) is 4.64. The molecule has 3 aliphatic rings. The Morgan fingerprint density at radius 2 is 1.96 bits per heavy atom. The van der Waals surface area contributed by atoms with E-state index in [0.29, 0.717) is 17.5 Å². The highest BCUT2D eigenvalue weighted by atomic mass is 16.5. The molecule has 1 N–H and O–H groups in total. The number of nitrogens with zero attached hydrogens (tertiary/aromatic N) is 3. The van der Waals surface area contributed by atoms with E-state index in [1.807, 2.05) is 36.5 Å². The molecule has 0 amide bonds. The van der Waals surface area contributed by atoms with Crippen LogP contribution in [0.4, 0.5) is 0 Å². The maximum Gasteiger partial charge on any atom is 0.233 e. The number of fused-ring (bicyclic) bond motifs is 4. The first-order valence-electron chi connectivity index (χ1n) is 9.15. The van der Waals surface area contributed by atoms with Gasteiger partial charge in [-0.05, 0) is 68.1 Å². The number of piperidine rings is 3. The largest absolute Gasteiger partial charge is 0.472 e. The van der Waals surface area contributed by atoms with E-state index in [0.717, 1.165) is 23.0 Å². The molecule has 1 aromatic carbocycles. The molecule has 130 valence electrons. The van der Waals surface area contributed by atoms with E-state index in [2.05, 4.69) is 38.0 Å². The number of H-pyrrole nitrogens is 1. The molecule has 2 bridgehead atoms. The molecular formula is C21H20N4O. The summed E-state index contributed by atoms with van der Waals surface area (Å²) in [4.78, 5) is 5.65. The van der Waals surface area contributed by atoms with Crippen LogP contribution in [-0.4, -0.2) is 45.8 Å². The predicted octanol–water partition coefficient (Wildman–Crippen LogP) is 2.83. The Hall–Kier alpha value is -2.84. The lowest BCUT2D eigenvalue weighted by Crippen LogP contribution is -2.52. The highest BCUT2D eigenvalue weighted by Gasteiger charge is 2.35. The zero-order valence-corrected chi connectivity index (χ0v) is 14.5.